The molecule has 0 aliphatic heterocycles. The standard InChI is InChI=1S/C34H30S/c1-21-15-17-31-32-18-16-25(20-34(32)35-33(31)19-21)27-11-7-13-29(23(27)3)30-14-8-12-28(24(30)4)26-10-6-5-9-22(26)2/h5-14,16,18-20H,15,17H2,1-4H3. The van der Waals surface area contributed by atoms with E-state index in [4.69, 9.17) is 0 Å². The third-order valence-electron chi connectivity index (χ3n) is 7.67. The number of hydrogen-bond donors (Lipinski definition) is 0. The Labute approximate surface area is 212 Å². The van der Waals surface area contributed by atoms with E-state index in [1.165, 1.54) is 89.0 Å². The van der Waals surface area contributed by atoms with Gasteiger partial charge in [-0.3, -0.25) is 0 Å². The normalized spacial score (nSPS) is 13.1. The highest BCUT2D eigenvalue weighted by molar-refractivity contribution is 7.20. The Morgan fingerprint density at radius 3 is 1.97 bits per heavy atom. The molecule has 0 bridgehead atoms. The second kappa shape index (κ2) is 8.66. The number of benzene rings is 4. The maximum atomic E-state index is 2.41. The average molecular weight is 471 g/mol. The van der Waals surface area contributed by atoms with Gasteiger partial charge in [0.1, 0.15) is 0 Å². The first-order chi connectivity index (χ1) is 17.0. The fourth-order valence-corrected chi connectivity index (χ4v) is 6.98. The molecule has 1 aromatic heterocycles. The van der Waals surface area contributed by atoms with E-state index < -0.39 is 0 Å². The molecule has 0 spiro atoms. The summed E-state index contributed by atoms with van der Waals surface area (Å²) in [5, 5.41) is 1.44. The van der Waals surface area contributed by atoms with Crippen LogP contribution in [0.25, 0.3) is 49.5 Å². The van der Waals surface area contributed by atoms with E-state index in [1.807, 2.05) is 11.3 Å². The second-order valence-corrected chi connectivity index (χ2v) is 11.0. The number of allylic oxidation sites excluding steroid dienone is 1. The lowest BCUT2D eigenvalue weighted by Crippen LogP contribution is -1.94. The molecule has 1 aliphatic carbocycles. The molecule has 0 saturated heterocycles. The zero-order chi connectivity index (χ0) is 24.1. The molecule has 0 nitrogen and oxygen atoms in total. The van der Waals surface area contributed by atoms with Crippen LogP contribution in [0.3, 0.4) is 0 Å². The van der Waals surface area contributed by atoms with Crippen molar-refractivity contribution in [1.29, 1.82) is 0 Å². The van der Waals surface area contributed by atoms with Gasteiger partial charge in [-0.05, 0) is 114 Å². The number of rotatable bonds is 3. The van der Waals surface area contributed by atoms with E-state index in [9.17, 15) is 0 Å². The van der Waals surface area contributed by atoms with Crippen LogP contribution < -0.4 is 0 Å². The predicted octanol–water partition coefficient (Wildman–Crippen LogP) is 10.2. The summed E-state index contributed by atoms with van der Waals surface area (Å²) in [6.45, 7) is 8.99. The monoisotopic (exact) mass is 470 g/mol. The highest BCUT2D eigenvalue weighted by Gasteiger charge is 2.17. The highest BCUT2D eigenvalue weighted by Crippen LogP contribution is 2.41. The molecule has 0 fully saturated rings. The van der Waals surface area contributed by atoms with Gasteiger partial charge in [0.25, 0.3) is 0 Å². The van der Waals surface area contributed by atoms with Crippen molar-refractivity contribution in [3.05, 3.63) is 112 Å². The predicted molar refractivity (Wildman–Crippen MR) is 154 cm³/mol. The molecule has 0 N–H and O–H groups in total. The van der Waals surface area contributed by atoms with E-state index >= 15 is 0 Å². The lowest BCUT2D eigenvalue weighted by Gasteiger charge is -2.17. The van der Waals surface area contributed by atoms with Crippen LogP contribution >= 0.6 is 11.3 Å². The molecule has 1 heterocycles. The minimum Gasteiger partial charge on any atom is -0.136 e. The maximum Gasteiger partial charge on any atom is 0.0358 e. The molecular formula is C34H30S. The molecule has 5 aromatic rings. The highest BCUT2D eigenvalue weighted by atomic mass is 32.1. The summed E-state index contributed by atoms with van der Waals surface area (Å²) >= 11 is 1.95. The van der Waals surface area contributed by atoms with Crippen LogP contribution in [0.2, 0.25) is 0 Å². The molecule has 4 aromatic carbocycles. The van der Waals surface area contributed by atoms with E-state index in [1.54, 1.807) is 0 Å². The molecule has 0 amide bonds. The summed E-state index contributed by atoms with van der Waals surface area (Å²) in [6, 6.07) is 29.3. The van der Waals surface area contributed by atoms with Gasteiger partial charge in [-0.2, -0.15) is 0 Å². The molecule has 0 unspecified atom stereocenters. The van der Waals surface area contributed by atoms with Gasteiger partial charge < -0.3 is 0 Å². The van der Waals surface area contributed by atoms with Crippen LogP contribution in [0.15, 0.2) is 84.4 Å². The Kier molecular flexibility index (Phi) is 5.46. The zero-order valence-corrected chi connectivity index (χ0v) is 21.7. The Balaban J connectivity index is 1.46. The molecule has 172 valence electrons. The first-order valence-corrected chi connectivity index (χ1v) is 13.3. The molecule has 0 atom stereocenters. The lowest BCUT2D eigenvalue weighted by molar-refractivity contribution is 0.943. The summed E-state index contributed by atoms with van der Waals surface area (Å²) in [4.78, 5) is 1.45. The van der Waals surface area contributed by atoms with Gasteiger partial charge >= 0.3 is 0 Å². The summed E-state index contributed by atoms with van der Waals surface area (Å²) < 4.78 is 1.40. The molecule has 1 aliphatic rings. The Bertz CT molecular complexity index is 1630. The zero-order valence-electron chi connectivity index (χ0n) is 20.9. The molecule has 6 rings (SSSR count). The summed E-state index contributed by atoms with van der Waals surface area (Å²) in [5.74, 6) is 0. The van der Waals surface area contributed by atoms with Crippen molar-refractivity contribution in [2.45, 2.75) is 40.5 Å². The maximum absolute atomic E-state index is 2.41. The van der Waals surface area contributed by atoms with Crippen LogP contribution in [-0.4, -0.2) is 0 Å². The minimum atomic E-state index is 1.17. The van der Waals surface area contributed by atoms with Crippen LogP contribution in [-0.2, 0) is 6.42 Å². The van der Waals surface area contributed by atoms with Gasteiger partial charge in [0.15, 0.2) is 0 Å². The molecule has 1 heteroatoms. The van der Waals surface area contributed by atoms with Crippen molar-refractivity contribution in [1.82, 2.24) is 0 Å². The van der Waals surface area contributed by atoms with Crippen LogP contribution in [0.4, 0.5) is 0 Å². The first-order valence-electron chi connectivity index (χ1n) is 12.5. The van der Waals surface area contributed by atoms with Crippen molar-refractivity contribution < 1.29 is 0 Å². The Morgan fingerprint density at radius 2 is 1.23 bits per heavy atom. The van der Waals surface area contributed by atoms with Crippen molar-refractivity contribution in [2.24, 2.45) is 0 Å². The van der Waals surface area contributed by atoms with Crippen molar-refractivity contribution in [2.75, 3.05) is 0 Å². The molecule has 0 saturated carbocycles. The Morgan fingerprint density at radius 1 is 0.600 bits per heavy atom. The largest absolute Gasteiger partial charge is 0.136 e. The van der Waals surface area contributed by atoms with Crippen molar-refractivity contribution in [3.8, 4) is 33.4 Å². The van der Waals surface area contributed by atoms with E-state index in [0.717, 1.165) is 0 Å². The number of aryl methyl sites for hydroxylation is 2. The third kappa shape index (κ3) is 3.75. The van der Waals surface area contributed by atoms with Crippen molar-refractivity contribution >= 4 is 27.5 Å². The lowest BCUT2D eigenvalue weighted by atomic mass is 9.87. The fourth-order valence-electron chi connectivity index (χ4n) is 5.66. The van der Waals surface area contributed by atoms with Gasteiger partial charge in [0.05, 0.1) is 0 Å². The number of hydrogen-bond acceptors (Lipinski definition) is 1. The van der Waals surface area contributed by atoms with Gasteiger partial charge in [-0.25, -0.2) is 0 Å². The topological polar surface area (TPSA) is 0 Å². The summed E-state index contributed by atoms with van der Waals surface area (Å²) in [7, 11) is 0. The quantitative estimate of drug-likeness (QED) is 0.246. The Hall–Kier alpha value is -3.42. The number of thiophene rings is 1. The molecule has 0 radical (unpaired) electrons. The second-order valence-electron chi connectivity index (χ2n) is 9.92. The SMILES string of the molecule is CC1=Cc2sc3cc(-c4cccc(-c5cccc(-c6ccccc6C)c5C)c4C)ccc3c2CC1. The van der Waals surface area contributed by atoms with Crippen LogP contribution in [0.1, 0.15) is 40.5 Å². The van der Waals surface area contributed by atoms with E-state index in [0.29, 0.717) is 0 Å². The van der Waals surface area contributed by atoms with E-state index in [2.05, 4.69) is 113 Å². The van der Waals surface area contributed by atoms with Crippen molar-refractivity contribution in [3.63, 3.8) is 0 Å². The summed E-state index contributed by atoms with van der Waals surface area (Å²) in [6.07, 6.45) is 4.74. The number of fused-ring (bicyclic) bond motifs is 3. The fraction of sp³-hybridized carbons (Fsp3) is 0.176. The molecule has 35 heavy (non-hydrogen) atoms. The third-order valence-corrected chi connectivity index (χ3v) is 8.82. The summed E-state index contributed by atoms with van der Waals surface area (Å²) in [5.41, 5.74) is 14.9. The first kappa shape index (κ1) is 22.1. The minimum absolute atomic E-state index is 1.17. The van der Waals surface area contributed by atoms with Gasteiger partial charge in [-0.15, -0.1) is 11.3 Å². The van der Waals surface area contributed by atoms with Gasteiger partial charge in [0.2, 0.25) is 0 Å². The van der Waals surface area contributed by atoms with Crippen LogP contribution in [0, 0.1) is 20.8 Å². The van der Waals surface area contributed by atoms with Gasteiger partial charge in [0, 0.05) is 9.58 Å². The molecular weight excluding hydrogens is 440 g/mol. The van der Waals surface area contributed by atoms with E-state index in [-0.39, 0.29) is 0 Å². The average Bonchev–Trinajstić information content (AvgIpc) is 3.22. The van der Waals surface area contributed by atoms with Gasteiger partial charge in [-0.1, -0.05) is 78.4 Å². The smallest absolute Gasteiger partial charge is 0.0358 e. The van der Waals surface area contributed by atoms with Crippen LogP contribution in [0.5, 0.6) is 0 Å².